The Hall–Kier alpha value is -1.73. The second-order valence-electron chi connectivity index (χ2n) is 5.19. The Morgan fingerprint density at radius 2 is 2.37 bits per heavy atom. The largest absolute Gasteiger partial charge is 0.394 e. The second kappa shape index (κ2) is 5.10. The van der Waals surface area contributed by atoms with Crippen molar-refractivity contribution in [1.29, 1.82) is 0 Å². The first-order chi connectivity index (χ1) is 8.91. The van der Waals surface area contributed by atoms with Crippen LogP contribution in [0, 0.1) is 10.1 Å². The number of anilines is 1. The quantitative estimate of drug-likeness (QED) is 0.648. The fourth-order valence-electron chi connectivity index (χ4n) is 2.26. The Labute approximate surface area is 111 Å². The van der Waals surface area contributed by atoms with Crippen LogP contribution >= 0.6 is 0 Å². The molecule has 1 aliphatic rings. The molecule has 1 aromatic rings. The highest BCUT2D eigenvalue weighted by molar-refractivity contribution is 5.47. The second-order valence-corrected chi connectivity index (χ2v) is 5.19. The third kappa shape index (κ3) is 3.18. The molecular formula is C12H17N3O4. The third-order valence-electron chi connectivity index (χ3n) is 2.97. The highest BCUT2D eigenvalue weighted by Gasteiger charge is 2.33. The maximum absolute atomic E-state index is 10.6. The van der Waals surface area contributed by atoms with Gasteiger partial charge >= 0.3 is 5.82 Å². The predicted molar refractivity (Wildman–Crippen MR) is 69.1 cm³/mol. The van der Waals surface area contributed by atoms with Crippen molar-refractivity contribution in [3.63, 3.8) is 0 Å². The fourth-order valence-corrected chi connectivity index (χ4v) is 2.26. The lowest BCUT2D eigenvalue weighted by atomic mass is 10.0. The molecule has 0 amide bonds. The number of pyridine rings is 1. The van der Waals surface area contributed by atoms with Crippen LogP contribution in [0.5, 0.6) is 0 Å². The summed E-state index contributed by atoms with van der Waals surface area (Å²) in [5.41, 5.74) is 0.411. The van der Waals surface area contributed by atoms with Gasteiger partial charge in [-0.05, 0) is 29.8 Å². The lowest BCUT2D eigenvalue weighted by Crippen LogP contribution is -2.54. The van der Waals surface area contributed by atoms with Gasteiger partial charge in [-0.1, -0.05) is 0 Å². The molecule has 0 aromatic carbocycles. The van der Waals surface area contributed by atoms with Crippen LogP contribution in [0.2, 0.25) is 0 Å². The van der Waals surface area contributed by atoms with Crippen LogP contribution in [-0.2, 0) is 4.74 Å². The minimum atomic E-state index is -0.524. The molecule has 1 aliphatic heterocycles. The molecule has 104 valence electrons. The number of aromatic nitrogens is 1. The van der Waals surface area contributed by atoms with Gasteiger partial charge in [0.2, 0.25) is 0 Å². The minimum Gasteiger partial charge on any atom is -0.394 e. The van der Waals surface area contributed by atoms with E-state index in [1.165, 1.54) is 12.3 Å². The van der Waals surface area contributed by atoms with Crippen molar-refractivity contribution in [2.75, 3.05) is 24.6 Å². The van der Waals surface area contributed by atoms with E-state index in [9.17, 15) is 15.2 Å². The van der Waals surface area contributed by atoms with E-state index in [2.05, 4.69) is 4.98 Å². The molecule has 19 heavy (non-hydrogen) atoms. The maximum Gasteiger partial charge on any atom is 0.363 e. The molecule has 1 N–H and O–H groups in total. The number of ether oxygens (including phenoxy) is 1. The summed E-state index contributed by atoms with van der Waals surface area (Å²) in [6.07, 6.45) is 1.22. The Kier molecular flexibility index (Phi) is 3.68. The van der Waals surface area contributed by atoms with Gasteiger partial charge in [-0.25, -0.2) is 0 Å². The number of aliphatic hydroxyl groups excluding tert-OH is 1. The topological polar surface area (TPSA) is 88.7 Å². The number of aliphatic hydroxyl groups is 1. The van der Waals surface area contributed by atoms with Gasteiger partial charge in [0.05, 0.1) is 24.0 Å². The molecule has 1 atom stereocenters. The number of hydrogen-bond acceptors (Lipinski definition) is 6. The van der Waals surface area contributed by atoms with Crippen LogP contribution in [0.15, 0.2) is 18.3 Å². The van der Waals surface area contributed by atoms with Crippen LogP contribution in [0.25, 0.3) is 0 Å². The van der Waals surface area contributed by atoms with Gasteiger partial charge in [0.25, 0.3) is 0 Å². The standard InChI is InChI=1S/C12H17N3O4/c1-12(2)8-14(6-10(7-16)19-12)9-3-4-11(13-5-9)15(17)18/h3-5,10,16H,6-8H2,1-2H3. The first-order valence-electron chi connectivity index (χ1n) is 6.05. The van der Waals surface area contributed by atoms with Crippen LogP contribution in [0.4, 0.5) is 11.5 Å². The zero-order valence-corrected chi connectivity index (χ0v) is 10.9. The Morgan fingerprint density at radius 3 is 2.89 bits per heavy atom. The predicted octanol–water partition coefficient (Wildman–Crippen LogP) is 0.966. The van der Waals surface area contributed by atoms with Gasteiger partial charge in [0, 0.05) is 19.2 Å². The fraction of sp³-hybridized carbons (Fsp3) is 0.583. The van der Waals surface area contributed by atoms with Crippen LogP contribution in [0.3, 0.4) is 0 Å². The van der Waals surface area contributed by atoms with Gasteiger partial charge in [-0.2, -0.15) is 0 Å². The van der Waals surface area contributed by atoms with Gasteiger partial charge in [0.15, 0.2) is 6.20 Å². The molecule has 1 saturated heterocycles. The first-order valence-corrected chi connectivity index (χ1v) is 6.05. The molecule has 7 heteroatoms. The molecule has 7 nitrogen and oxygen atoms in total. The van der Waals surface area contributed by atoms with E-state index < -0.39 is 4.92 Å². The molecule has 0 aliphatic carbocycles. The number of hydrogen-bond donors (Lipinski definition) is 1. The Morgan fingerprint density at radius 1 is 1.63 bits per heavy atom. The van der Waals surface area contributed by atoms with Gasteiger partial charge in [0.1, 0.15) is 0 Å². The molecule has 1 unspecified atom stereocenters. The molecule has 2 heterocycles. The van der Waals surface area contributed by atoms with E-state index in [1.54, 1.807) is 6.07 Å². The first kappa shape index (κ1) is 13.7. The monoisotopic (exact) mass is 267 g/mol. The molecule has 0 radical (unpaired) electrons. The average molecular weight is 267 g/mol. The van der Waals surface area contributed by atoms with Crippen molar-refractivity contribution >= 4 is 11.5 Å². The van der Waals surface area contributed by atoms with Crippen LogP contribution < -0.4 is 4.90 Å². The third-order valence-corrected chi connectivity index (χ3v) is 2.97. The van der Waals surface area contributed by atoms with Crippen LogP contribution in [0.1, 0.15) is 13.8 Å². The lowest BCUT2D eigenvalue weighted by Gasteiger charge is -2.43. The molecule has 0 spiro atoms. The number of nitrogens with zero attached hydrogens (tertiary/aromatic N) is 3. The molecular weight excluding hydrogens is 250 g/mol. The highest BCUT2D eigenvalue weighted by atomic mass is 16.6. The van der Waals surface area contributed by atoms with E-state index in [-0.39, 0.29) is 24.1 Å². The summed E-state index contributed by atoms with van der Waals surface area (Å²) < 4.78 is 5.72. The molecule has 1 fully saturated rings. The van der Waals surface area contributed by atoms with E-state index in [0.29, 0.717) is 13.1 Å². The Balaban J connectivity index is 2.18. The van der Waals surface area contributed by atoms with Gasteiger partial charge < -0.3 is 24.9 Å². The summed E-state index contributed by atoms with van der Waals surface area (Å²) in [5, 5.41) is 19.8. The summed E-state index contributed by atoms with van der Waals surface area (Å²) >= 11 is 0. The number of morpholine rings is 1. The number of nitro groups is 1. The van der Waals surface area contributed by atoms with E-state index in [4.69, 9.17) is 4.74 Å². The van der Waals surface area contributed by atoms with E-state index >= 15 is 0 Å². The van der Waals surface area contributed by atoms with Crippen molar-refractivity contribution in [3.05, 3.63) is 28.4 Å². The average Bonchev–Trinajstić information content (AvgIpc) is 2.37. The smallest absolute Gasteiger partial charge is 0.363 e. The molecule has 2 rings (SSSR count). The molecule has 0 bridgehead atoms. The van der Waals surface area contributed by atoms with Crippen molar-refractivity contribution in [2.24, 2.45) is 0 Å². The van der Waals surface area contributed by atoms with Crippen molar-refractivity contribution in [1.82, 2.24) is 4.98 Å². The highest BCUT2D eigenvalue weighted by Crippen LogP contribution is 2.26. The summed E-state index contributed by atoms with van der Waals surface area (Å²) in [6.45, 7) is 5.02. The van der Waals surface area contributed by atoms with E-state index in [0.717, 1.165) is 5.69 Å². The maximum atomic E-state index is 10.6. The summed E-state index contributed by atoms with van der Waals surface area (Å²) in [6, 6.07) is 3.05. The zero-order chi connectivity index (χ0) is 14.0. The Bertz CT molecular complexity index is 461. The number of rotatable bonds is 3. The van der Waals surface area contributed by atoms with Crippen molar-refractivity contribution in [2.45, 2.75) is 25.6 Å². The molecule has 1 aromatic heterocycles. The molecule has 0 saturated carbocycles. The van der Waals surface area contributed by atoms with Gasteiger partial charge in [-0.15, -0.1) is 0 Å². The van der Waals surface area contributed by atoms with Crippen molar-refractivity contribution in [3.8, 4) is 0 Å². The van der Waals surface area contributed by atoms with Crippen molar-refractivity contribution < 1.29 is 14.8 Å². The van der Waals surface area contributed by atoms with Crippen LogP contribution in [-0.4, -0.2) is 46.4 Å². The minimum absolute atomic E-state index is 0.0552. The lowest BCUT2D eigenvalue weighted by molar-refractivity contribution is -0.389. The zero-order valence-electron chi connectivity index (χ0n) is 10.9. The SMILES string of the molecule is CC1(C)CN(c2ccc([N+](=O)[O-])nc2)CC(CO)O1. The van der Waals surface area contributed by atoms with Gasteiger partial charge in [-0.3, -0.25) is 0 Å². The summed E-state index contributed by atoms with van der Waals surface area (Å²) in [5.74, 6) is -0.171. The normalized spacial score (nSPS) is 22.3. The summed E-state index contributed by atoms with van der Waals surface area (Å²) in [7, 11) is 0. The summed E-state index contributed by atoms with van der Waals surface area (Å²) in [4.78, 5) is 15.9. The van der Waals surface area contributed by atoms with E-state index in [1.807, 2.05) is 18.7 Å².